The van der Waals surface area contributed by atoms with Gasteiger partial charge in [-0.3, -0.25) is 0 Å². The van der Waals surface area contributed by atoms with Gasteiger partial charge in [-0.2, -0.15) is 0 Å². The van der Waals surface area contributed by atoms with Gasteiger partial charge in [0.1, 0.15) is 24.1 Å². The van der Waals surface area contributed by atoms with Crippen molar-refractivity contribution in [2.45, 2.75) is 63.1 Å². The molecule has 6 aromatic carbocycles. The van der Waals surface area contributed by atoms with E-state index in [-0.39, 0.29) is 6.61 Å². The van der Waals surface area contributed by atoms with E-state index in [0.29, 0.717) is 38.6 Å². The van der Waals surface area contributed by atoms with Crippen LogP contribution in [0.3, 0.4) is 0 Å². The lowest BCUT2D eigenvalue weighted by Crippen LogP contribution is -2.70. The second kappa shape index (κ2) is 18.6. The second-order valence-corrected chi connectivity index (χ2v) is 13.3. The van der Waals surface area contributed by atoms with Crippen molar-refractivity contribution in [3.05, 3.63) is 210 Å². The van der Waals surface area contributed by atoms with Crippen molar-refractivity contribution in [1.29, 1.82) is 0 Å². The highest BCUT2D eigenvalue weighted by atomic mass is 16.7. The van der Waals surface area contributed by atoms with Crippen molar-refractivity contribution in [2.75, 3.05) is 6.61 Å². The van der Waals surface area contributed by atoms with E-state index in [9.17, 15) is 0 Å². The summed E-state index contributed by atoms with van der Waals surface area (Å²) in [6.45, 7) is 1.66. The fourth-order valence-corrected chi connectivity index (χ4v) is 6.75. The lowest BCUT2D eigenvalue weighted by atomic mass is 9.87. The van der Waals surface area contributed by atoms with Gasteiger partial charge in [-0.1, -0.05) is 170 Å². The predicted molar refractivity (Wildman–Crippen MR) is 206 cm³/mol. The molecule has 0 saturated carbocycles. The van der Waals surface area contributed by atoms with E-state index in [2.05, 4.69) is 60.7 Å². The molecule has 5 atom stereocenters. The molecule has 270 valence electrons. The molecule has 1 aliphatic rings. The first kappa shape index (κ1) is 36.3. The van der Waals surface area contributed by atoms with E-state index in [4.69, 9.17) is 28.4 Å². The Morgan fingerprint density at radius 3 is 1.30 bits per heavy atom. The lowest BCUT2D eigenvalue weighted by molar-refractivity contribution is -0.360. The molecule has 1 fully saturated rings. The van der Waals surface area contributed by atoms with Crippen molar-refractivity contribution < 1.29 is 28.4 Å². The monoisotopic (exact) mass is 706 g/mol. The fraction of sp³-hybridized carbons (Fsp3) is 0.234. The molecular formula is C47H46O6. The van der Waals surface area contributed by atoms with Gasteiger partial charge in [0.2, 0.25) is 5.79 Å². The summed E-state index contributed by atoms with van der Waals surface area (Å²) in [6, 6.07) is 60.7. The zero-order chi connectivity index (χ0) is 36.0. The third kappa shape index (κ3) is 10.1. The molecule has 53 heavy (non-hydrogen) atoms. The molecular weight excluding hydrogens is 661 g/mol. The summed E-state index contributed by atoms with van der Waals surface area (Å²) in [5, 5.41) is 0. The molecule has 0 aliphatic carbocycles. The van der Waals surface area contributed by atoms with E-state index < -0.39 is 30.2 Å². The number of ether oxygens (including phenoxy) is 6. The van der Waals surface area contributed by atoms with Gasteiger partial charge in [0.25, 0.3) is 0 Å². The first-order valence-electron chi connectivity index (χ1n) is 18.3. The summed E-state index contributed by atoms with van der Waals surface area (Å²) in [4.78, 5) is 0. The van der Waals surface area contributed by atoms with Crippen LogP contribution in [0, 0.1) is 0 Å². The molecule has 1 heterocycles. The van der Waals surface area contributed by atoms with Crippen LogP contribution in [-0.4, -0.2) is 36.8 Å². The first-order chi connectivity index (χ1) is 26.2. The average molecular weight is 707 g/mol. The Hall–Kier alpha value is -5.08. The molecule has 1 aliphatic heterocycles. The predicted octanol–water partition coefficient (Wildman–Crippen LogP) is 9.38. The molecule has 0 unspecified atom stereocenters. The van der Waals surface area contributed by atoms with Crippen LogP contribution in [0.25, 0.3) is 0 Å². The fourth-order valence-electron chi connectivity index (χ4n) is 6.75. The Labute approximate surface area is 312 Å². The minimum absolute atomic E-state index is 0.236. The zero-order valence-electron chi connectivity index (χ0n) is 29.8. The molecule has 6 aromatic rings. The molecule has 6 nitrogen and oxygen atoms in total. The quantitative estimate of drug-likeness (QED) is 0.0943. The van der Waals surface area contributed by atoms with Gasteiger partial charge in [0, 0.05) is 6.42 Å². The minimum Gasteiger partial charge on any atom is -0.459 e. The van der Waals surface area contributed by atoms with Gasteiger partial charge in [0.05, 0.1) is 33.0 Å². The van der Waals surface area contributed by atoms with Crippen molar-refractivity contribution in [3.8, 4) is 5.75 Å². The van der Waals surface area contributed by atoms with E-state index in [1.54, 1.807) is 0 Å². The zero-order valence-corrected chi connectivity index (χ0v) is 29.8. The Morgan fingerprint density at radius 2 is 0.811 bits per heavy atom. The van der Waals surface area contributed by atoms with Gasteiger partial charge in [0.15, 0.2) is 6.10 Å². The summed E-state index contributed by atoms with van der Waals surface area (Å²) in [6.07, 6.45) is -2.16. The SMILES string of the molecule is c1ccc(COC[C@H]2O[C@](Cc3ccccc3)(Oc3ccccc3)[C@H](OCc3ccccc3)[C@@H](OCc3ccccc3)[C@@H]2OCc2ccccc2)cc1. The number of rotatable bonds is 17. The summed E-state index contributed by atoms with van der Waals surface area (Å²) < 4.78 is 41.8. The normalized spacial score (nSPS) is 21.2. The van der Waals surface area contributed by atoms with Gasteiger partial charge in [-0.15, -0.1) is 0 Å². The summed E-state index contributed by atoms with van der Waals surface area (Å²) in [5.74, 6) is -0.683. The van der Waals surface area contributed by atoms with E-state index >= 15 is 0 Å². The maximum absolute atomic E-state index is 7.33. The maximum atomic E-state index is 7.33. The molecule has 1 saturated heterocycles. The highest BCUT2D eigenvalue weighted by Crippen LogP contribution is 2.41. The molecule has 0 radical (unpaired) electrons. The van der Waals surface area contributed by atoms with Crippen LogP contribution in [0.15, 0.2) is 182 Å². The molecule has 0 spiro atoms. The Balaban J connectivity index is 1.32. The van der Waals surface area contributed by atoms with E-state index in [0.717, 1.165) is 27.8 Å². The highest BCUT2D eigenvalue weighted by Gasteiger charge is 2.59. The minimum atomic E-state index is -1.34. The molecule has 0 bridgehead atoms. The summed E-state index contributed by atoms with van der Waals surface area (Å²) in [7, 11) is 0. The summed E-state index contributed by atoms with van der Waals surface area (Å²) >= 11 is 0. The van der Waals surface area contributed by atoms with Crippen molar-refractivity contribution in [2.24, 2.45) is 0 Å². The molecule has 6 heteroatoms. The number of para-hydroxylation sites is 1. The van der Waals surface area contributed by atoms with Crippen LogP contribution in [0.5, 0.6) is 5.75 Å². The molecule has 0 amide bonds. The third-order valence-electron chi connectivity index (χ3n) is 9.34. The number of benzene rings is 6. The number of hydrogen-bond donors (Lipinski definition) is 0. The Morgan fingerprint density at radius 1 is 0.415 bits per heavy atom. The van der Waals surface area contributed by atoms with Crippen molar-refractivity contribution >= 4 is 0 Å². The van der Waals surface area contributed by atoms with Gasteiger partial charge in [-0.05, 0) is 39.9 Å². The van der Waals surface area contributed by atoms with Gasteiger partial charge >= 0.3 is 0 Å². The van der Waals surface area contributed by atoms with E-state index in [1.807, 2.05) is 121 Å². The van der Waals surface area contributed by atoms with E-state index in [1.165, 1.54) is 0 Å². The average Bonchev–Trinajstić information content (AvgIpc) is 3.21. The van der Waals surface area contributed by atoms with Crippen LogP contribution < -0.4 is 4.74 Å². The van der Waals surface area contributed by atoms with Crippen molar-refractivity contribution in [1.82, 2.24) is 0 Å². The Kier molecular flexibility index (Phi) is 12.7. The van der Waals surface area contributed by atoms with Crippen LogP contribution in [-0.2, 0) is 56.5 Å². The molecule has 7 rings (SSSR count). The third-order valence-corrected chi connectivity index (χ3v) is 9.34. The van der Waals surface area contributed by atoms with Crippen LogP contribution in [0.1, 0.15) is 27.8 Å². The van der Waals surface area contributed by atoms with Crippen molar-refractivity contribution in [3.63, 3.8) is 0 Å². The standard InChI is InChI=1S/C47H46O6/c1-7-19-37(20-8-1)31-47(52-42-29-17-6-18-30-42)46(51-35-41-27-15-5-16-28-41)45(50-34-40-25-13-4-14-26-40)44(49-33-39-23-11-3-12-24-39)43(53-47)36-48-32-38-21-9-2-10-22-38/h1-30,43-46H,31-36H2/t43-,44-,45+,46-,47+/m1/s1. The maximum Gasteiger partial charge on any atom is 0.244 e. The van der Waals surface area contributed by atoms with Crippen LogP contribution >= 0.6 is 0 Å². The first-order valence-corrected chi connectivity index (χ1v) is 18.3. The lowest BCUT2D eigenvalue weighted by Gasteiger charge is -2.52. The smallest absolute Gasteiger partial charge is 0.244 e. The summed E-state index contributed by atoms with van der Waals surface area (Å²) in [5.41, 5.74) is 5.21. The van der Waals surface area contributed by atoms with Crippen LogP contribution in [0.4, 0.5) is 0 Å². The largest absolute Gasteiger partial charge is 0.459 e. The second-order valence-electron chi connectivity index (χ2n) is 13.3. The molecule has 0 N–H and O–H groups in total. The topological polar surface area (TPSA) is 55.4 Å². The Bertz CT molecular complexity index is 1850. The van der Waals surface area contributed by atoms with Gasteiger partial charge in [-0.25, -0.2) is 0 Å². The number of hydrogen-bond acceptors (Lipinski definition) is 6. The molecule has 0 aromatic heterocycles. The van der Waals surface area contributed by atoms with Gasteiger partial charge < -0.3 is 28.4 Å². The highest BCUT2D eigenvalue weighted by molar-refractivity contribution is 5.26. The van der Waals surface area contributed by atoms with Crippen LogP contribution in [0.2, 0.25) is 0 Å².